The predicted molar refractivity (Wildman–Crippen MR) is 111 cm³/mol. The van der Waals surface area contributed by atoms with E-state index in [0.29, 0.717) is 5.84 Å². The molecule has 2 aliphatic rings. The molecule has 28 heavy (non-hydrogen) atoms. The highest BCUT2D eigenvalue weighted by atomic mass is 16.1. The minimum Gasteiger partial charge on any atom is -0.322 e. The van der Waals surface area contributed by atoms with Crippen LogP contribution in [0.25, 0.3) is 11.9 Å². The van der Waals surface area contributed by atoms with Gasteiger partial charge in [0, 0.05) is 19.3 Å². The molecule has 0 N–H and O–H groups in total. The first kappa shape index (κ1) is 16.6. The predicted octanol–water partition coefficient (Wildman–Crippen LogP) is 4.49. The third-order valence-corrected chi connectivity index (χ3v) is 5.19. The van der Waals surface area contributed by atoms with Crippen LogP contribution in [0.5, 0.6) is 0 Å². The average Bonchev–Trinajstić information content (AvgIpc) is 3.33. The monoisotopic (exact) mass is 368 g/mol. The lowest BCUT2D eigenvalue weighted by Gasteiger charge is -2.36. The number of aromatic nitrogens is 1. The van der Waals surface area contributed by atoms with Crippen molar-refractivity contribution in [1.82, 2.24) is 9.47 Å². The molecule has 3 aromatic rings. The van der Waals surface area contributed by atoms with E-state index >= 15 is 0 Å². The zero-order valence-corrected chi connectivity index (χ0v) is 15.8. The molecule has 138 valence electrons. The smallest absolute Gasteiger partial charge is 0.198 e. The number of nitrogens with zero attached hydrogens (tertiary/aromatic N) is 4. The molecule has 2 aromatic carbocycles. The van der Waals surface area contributed by atoms with Gasteiger partial charge in [0.25, 0.3) is 0 Å². The third-order valence-electron chi connectivity index (χ3n) is 5.19. The lowest BCUT2D eigenvalue weighted by atomic mass is 10.1. The van der Waals surface area contributed by atoms with Gasteiger partial charge in [0.15, 0.2) is 17.8 Å². The van der Waals surface area contributed by atoms with Crippen molar-refractivity contribution in [3.63, 3.8) is 0 Å². The van der Waals surface area contributed by atoms with Crippen LogP contribution in [0, 0.1) is 6.92 Å². The zero-order chi connectivity index (χ0) is 19.3. The Bertz CT molecular complexity index is 1110. The van der Waals surface area contributed by atoms with Gasteiger partial charge < -0.3 is 4.57 Å². The minimum absolute atomic E-state index is 0.0542. The van der Waals surface area contributed by atoms with Crippen molar-refractivity contribution in [3.05, 3.63) is 89.7 Å². The highest BCUT2D eigenvalue weighted by molar-refractivity contribution is 6.40. The second kappa shape index (κ2) is 6.23. The molecule has 0 aliphatic carbocycles. The van der Waals surface area contributed by atoms with E-state index in [4.69, 9.17) is 5.10 Å². The molecule has 3 heterocycles. The summed E-state index contributed by atoms with van der Waals surface area (Å²) in [6, 6.07) is 22.5. The molecule has 0 fully saturated rings. The summed E-state index contributed by atoms with van der Waals surface area (Å²) in [4.78, 5) is 14.6. The lowest BCUT2D eigenvalue weighted by Crippen LogP contribution is -2.39. The van der Waals surface area contributed by atoms with E-state index in [1.807, 2.05) is 52.5 Å². The van der Waals surface area contributed by atoms with Gasteiger partial charge in [-0.05, 0) is 36.8 Å². The maximum Gasteiger partial charge on any atom is 0.198 e. The second-order valence-corrected chi connectivity index (χ2v) is 7.12. The molecular formula is C23H20N4O. The number of fused-ring (bicyclic) bond motifs is 3. The number of hydrogen-bond acceptors (Lipinski definition) is 4. The normalized spacial score (nSPS) is 17.7. The van der Waals surface area contributed by atoms with Gasteiger partial charge in [0.2, 0.25) is 0 Å². The van der Waals surface area contributed by atoms with E-state index in [2.05, 4.69) is 48.0 Å². The molecular weight excluding hydrogens is 348 g/mol. The van der Waals surface area contributed by atoms with Gasteiger partial charge in [-0.2, -0.15) is 0 Å². The van der Waals surface area contributed by atoms with E-state index in [0.717, 1.165) is 22.6 Å². The van der Waals surface area contributed by atoms with Crippen LogP contribution in [0.15, 0.2) is 78.0 Å². The number of ketones is 1. The number of rotatable bonds is 3. The Hall–Kier alpha value is -3.60. The highest BCUT2D eigenvalue weighted by Gasteiger charge is 2.43. The first-order valence-corrected chi connectivity index (χ1v) is 9.32. The number of benzene rings is 2. The van der Waals surface area contributed by atoms with Crippen LogP contribution < -0.4 is 5.01 Å². The van der Waals surface area contributed by atoms with Gasteiger partial charge in [0.05, 0.1) is 17.1 Å². The Labute approximate surface area is 163 Å². The van der Waals surface area contributed by atoms with Crippen LogP contribution in [0.2, 0.25) is 0 Å². The second-order valence-electron chi connectivity index (χ2n) is 7.12. The molecule has 1 atom stereocenters. The third kappa shape index (κ3) is 2.47. The van der Waals surface area contributed by atoms with E-state index in [9.17, 15) is 4.79 Å². The molecule has 0 spiro atoms. The van der Waals surface area contributed by atoms with Crippen molar-refractivity contribution in [2.75, 3.05) is 5.01 Å². The van der Waals surface area contributed by atoms with Crippen molar-refractivity contribution in [3.8, 4) is 0 Å². The molecule has 0 radical (unpaired) electrons. The topological polar surface area (TPSA) is 40.8 Å². The lowest BCUT2D eigenvalue weighted by molar-refractivity contribution is -0.111. The van der Waals surface area contributed by atoms with E-state index in [1.165, 1.54) is 5.56 Å². The van der Waals surface area contributed by atoms with Crippen LogP contribution in [0.3, 0.4) is 0 Å². The maximum atomic E-state index is 12.5. The molecule has 0 saturated carbocycles. The first-order chi connectivity index (χ1) is 13.6. The first-order valence-electron chi connectivity index (χ1n) is 9.32. The molecule has 2 aliphatic heterocycles. The van der Waals surface area contributed by atoms with Crippen LogP contribution in [-0.4, -0.2) is 21.1 Å². The summed E-state index contributed by atoms with van der Waals surface area (Å²) < 4.78 is 2.11. The minimum atomic E-state index is -0.211. The van der Waals surface area contributed by atoms with E-state index in [1.54, 1.807) is 6.92 Å². The standard InChI is InChI=1S/C23H20N4O/c1-16-10-12-19(13-11-16)27-23-20-9-6-14-25(20)15-21(18-7-4-3-5-8-18)26(23)22(24-27)17(2)28/h3-15,23H,1-2H3. The summed E-state index contributed by atoms with van der Waals surface area (Å²) in [5.41, 5.74) is 5.22. The Kier molecular flexibility index (Phi) is 3.69. The quantitative estimate of drug-likeness (QED) is 0.684. The average molecular weight is 368 g/mol. The summed E-state index contributed by atoms with van der Waals surface area (Å²) in [5, 5.41) is 6.70. The Morgan fingerprint density at radius 1 is 0.964 bits per heavy atom. The highest BCUT2D eigenvalue weighted by Crippen LogP contribution is 2.43. The Morgan fingerprint density at radius 3 is 2.43 bits per heavy atom. The van der Waals surface area contributed by atoms with Gasteiger partial charge in [-0.1, -0.05) is 48.0 Å². The summed E-state index contributed by atoms with van der Waals surface area (Å²) in [6.07, 6.45) is 3.89. The number of hydrazone groups is 1. The van der Waals surface area contributed by atoms with Crippen LogP contribution in [0.1, 0.15) is 29.9 Å². The zero-order valence-electron chi connectivity index (χ0n) is 15.8. The van der Waals surface area contributed by atoms with Crippen LogP contribution in [-0.2, 0) is 4.79 Å². The number of carbonyl (C=O) groups excluding carboxylic acids is 1. The van der Waals surface area contributed by atoms with Crippen molar-refractivity contribution in [1.29, 1.82) is 0 Å². The number of Topliss-reactive ketones (excluding diaryl/α,β-unsaturated/α-hetero) is 1. The molecule has 1 aromatic heterocycles. The largest absolute Gasteiger partial charge is 0.322 e. The van der Waals surface area contributed by atoms with Gasteiger partial charge in [0.1, 0.15) is 0 Å². The van der Waals surface area contributed by atoms with Gasteiger partial charge in [-0.3, -0.25) is 9.69 Å². The van der Waals surface area contributed by atoms with Crippen molar-refractivity contribution < 1.29 is 4.79 Å². The molecule has 0 bridgehead atoms. The molecule has 0 saturated heterocycles. The SMILES string of the molecule is CC(=O)C1=NN(c2ccc(C)cc2)C2c3cccn3C=C(c3ccccc3)N12. The summed E-state index contributed by atoms with van der Waals surface area (Å²) in [7, 11) is 0. The molecule has 0 amide bonds. The van der Waals surface area contributed by atoms with Crippen molar-refractivity contribution in [2.24, 2.45) is 5.10 Å². The summed E-state index contributed by atoms with van der Waals surface area (Å²) >= 11 is 0. The van der Waals surface area contributed by atoms with Crippen LogP contribution >= 0.6 is 0 Å². The fourth-order valence-corrected chi connectivity index (χ4v) is 3.83. The Balaban J connectivity index is 1.71. The molecule has 5 nitrogen and oxygen atoms in total. The number of aryl methyl sites for hydroxylation is 1. The van der Waals surface area contributed by atoms with Gasteiger partial charge >= 0.3 is 0 Å². The summed E-state index contributed by atoms with van der Waals surface area (Å²) in [6.45, 7) is 3.64. The molecule has 1 unspecified atom stereocenters. The van der Waals surface area contributed by atoms with E-state index in [-0.39, 0.29) is 11.9 Å². The fraction of sp³-hybridized carbons (Fsp3) is 0.130. The summed E-state index contributed by atoms with van der Waals surface area (Å²) in [5.74, 6) is 0.398. The van der Waals surface area contributed by atoms with Gasteiger partial charge in [-0.25, -0.2) is 5.01 Å². The van der Waals surface area contributed by atoms with Crippen molar-refractivity contribution >= 4 is 29.2 Å². The molecule has 5 rings (SSSR count). The van der Waals surface area contributed by atoms with E-state index < -0.39 is 0 Å². The number of anilines is 1. The number of carbonyl (C=O) groups is 1. The van der Waals surface area contributed by atoms with Crippen LogP contribution in [0.4, 0.5) is 5.69 Å². The van der Waals surface area contributed by atoms with Gasteiger partial charge in [-0.15, -0.1) is 5.10 Å². The fourth-order valence-electron chi connectivity index (χ4n) is 3.83. The number of amidine groups is 1. The van der Waals surface area contributed by atoms with Crippen molar-refractivity contribution in [2.45, 2.75) is 20.0 Å². The number of hydrogen-bond donors (Lipinski definition) is 0. The molecule has 5 heteroatoms. The maximum absolute atomic E-state index is 12.5. The Morgan fingerprint density at radius 2 is 1.71 bits per heavy atom.